The average molecular weight is 149 g/mol. The number of aliphatic imine (C=N–C) groups is 1. The molecule has 0 spiro atoms. The van der Waals surface area contributed by atoms with E-state index < -0.39 is 11.7 Å². The molecule has 1 aliphatic heterocycles. The van der Waals surface area contributed by atoms with Gasteiger partial charge in [-0.3, -0.25) is 4.99 Å². The first-order valence-corrected chi connectivity index (χ1v) is 2.78. The molecule has 56 valence electrons. The van der Waals surface area contributed by atoms with Crippen LogP contribution in [0.2, 0.25) is 0 Å². The first-order chi connectivity index (χ1) is 4.52. The summed E-state index contributed by atoms with van der Waals surface area (Å²) in [6.45, 7) is 1.20. The Labute approximate surface area is 56.3 Å². The zero-order valence-electron chi connectivity index (χ0n) is 5.37. The van der Waals surface area contributed by atoms with Crippen molar-refractivity contribution in [3.8, 4) is 0 Å². The zero-order chi connectivity index (χ0) is 7.78. The smallest absolute Gasteiger partial charge is 0.288 e. The van der Waals surface area contributed by atoms with Crippen molar-refractivity contribution in [3.05, 3.63) is 11.1 Å². The molecule has 0 N–H and O–H groups in total. The molecule has 0 aromatic rings. The first-order valence-electron chi connectivity index (χ1n) is 2.78. The van der Waals surface area contributed by atoms with Gasteiger partial charge in [0, 0.05) is 6.21 Å². The van der Waals surface area contributed by atoms with Crippen molar-refractivity contribution in [3.63, 3.8) is 0 Å². The van der Waals surface area contributed by atoms with Crippen LogP contribution in [0.4, 0.5) is 13.2 Å². The summed E-state index contributed by atoms with van der Waals surface area (Å²) in [4.78, 5) is 3.49. The van der Waals surface area contributed by atoms with Gasteiger partial charge in [0.05, 0.1) is 12.1 Å². The third kappa shape index (κ3) is 1.20. The van der Waals surface area contributed by atoms with E-state index in [1.54, 1.807) is 0 Å². The highest BCUT2D eigenvalue weighted by atomic mass is 19.4. The molecule has 0 fully saturated rings. The molecule has 0 aliphatic carbocycles. The van der Waals surface area contributed by atoms with E-state index in [1.165, 1.54) is 13.1 Å². The molecule has 0 bridgehead atoms. The monoisotopic (exact) mass is 149 g/mol. The lowest BCUT2D eigenvalue weighted by molar-refractivity contribution is -0.0922. The second-order valence-corrected chi connectivity index (χ2v) is 2.13. The molecular formula is C6H6F3N. The van der Waals surface area contributed by atoms with Crippen LogP contribution in [-0.4, -0.2) is 18.9 Å². The van der Waals surface area contributed by atoms with E-state index in [-0.39, 0.29) is 12.1 Å². The lowest BCUT2D eigenvalue weighted by Gasteiger charge is -2.06. The van der Waals surface area contributed by atoms with E-state index >= 15 is 0 Å². The number of alkyl halides is 3. The summed E-state index contributed by atoms with van der Waals surface area (Å²) >= 11 is 0. The summed E-state index contributed by atoms with van der Waals surface area (Å²) in [5.74, 6) is 0. The van der Waals surface area contributed by atoms with Gasteiger partial charge in [-0.05, 0) is 12.5 Å². The van der Waals surface area contributed by atoms with E-state index in [2.05, 4.69) is 4.99 Å². The summed E-state index contributed by atoms with van der Waals surface area (Å²) in [5, 5.41) is 0. The highest BCUT2D eigenvalue weighted by Crippen LogP contribution is 2.29. The van der Waals surface area contributed by atoms with Crippen molar-refractivity contribution < 1.29 is 13.2 Å². The predicted molar refractivity (Wildman–Crippen MR) is 32.1 cm³/mol. The molecule has 0 aromatic carbocycles. The number of nitrogens with zero attached hydrogens (tertiary/aromatic N) is 1. The van der Waals surface area contributed by atoms with Crippen molar-refractivity contribution in [1.82, 2.24) is 0 Å². The predicted octanol–water partition coefficient (Wildman–Crippen LogP) is 1.95. The van der Waals surface area contributed by atoms with Crippen LogP contribution in [0.5, 0.6) is 0 Å². The number of hydrogen-bond acceptors (Lipinski definition) is 1. The van der Waals surface area contributed by atoms with Gasteiger partial charge >= 0.3 is 6.18 Å². The second kappa shape index (κ2) is 2.11. The van der Waals surface area contributed by atoms with E-state index in [0.717, 1.165) is 0 Å². The van der Waals surface area contributed by atoms with E-state index in [1.807, 2.05) is 0 Å². The van der Waals surface area contributed by atoms with Crippen LogP contribution in [0.25, 0.3) is 0 Å². The third-order valence-electron chi connectivity index (χ3n) is 1.35. The van der Waals surface area contributed by atoms with Crippen LogP contribution in [0, 0.1) is 0 Å². The Morgan fingerprint density at radius 3 is 2.30 bits per heavy atom. The van der Waals surface area contributed by atoms with Crippen molar-refractivity contribution in [2.45, 2.75) is 13.1 Å². The normalized spacial score (nSPS) is 18.8. The van der Waals surface area contributed by atoms with Gasteiger partial charge in [0.25, 0.3) is 0 Å². The molecule has 0 saturated carbocycles. The fourth-order valence-corrected chi connectivity index (χ4v) is 0.790. The Morgan fingerprint density at radius 2 is 2.10 bits per heavy atom. The molecule has 0 unspecified atom stereocenters. The molecule has 1 heterocycles. The Kier molecular flexibility index (Phi) is 1.54. The maximum Gasteiger partial charge on any atom is 0.414 e. The third-order valence-corrected chi connectivity index (χ3v) is 1.35. The summed E-state index contributed by atoms with van der Waals surface area (Å²) < 4.78 is 35.6. The summed E-state index contributed by atoms with van der Waals surface area (Å²) in [6.07, 6.45) is -2.94. The highest BCUT2D eigenvalue weighted by molar-refractivity contribution is 5.82. The fourth-order valence-electron chi connectivity index (χ4n) is 0.790. The van der Waals surface area contributed by atoms with Crippen LogP contribution in [0.15, 0.2) is 16.1 Å². The Balaban J connectivity index is 2.86. The Bertz CT molecular complexity index is 200. The molecule has 0 aromatic heterocycles. The topological polar surface area (TPSA) is 12.4 Å². The summed E-state index contributed by atoms with van der Waals surface area (Å²) in [5.41, 5.74) is -0.292. The summed E-state index contributed by atoms with van der Waals surface area (Å²) in [7, 11) is 0. The van der Waals surface area contributed by atoms with Crippen molar-refractivity contribution in [2.24, 2.45) is 4.99 Å². The maximum atomic E-state index is 11.9. The lowest BCUT2D eigenvalue weighted by Crippen LogP contribution is -2.13. The number of hydrogen-bond donors (Lipinski definition) is 0. The average Bonchev–Trinajstić information content (AvgIpc) is 2.11. The van der Waals surface area contributed by atoms with Gasteiger partial charge in [0.15, 0.2) is 0 Å². The molecule has 1 nitrogen and oxygen atoms in total. The molecule has 10 heavy (non-hydrogen) atoms. The molecule has 4 heteroatoms. The van der Waals surface area contributed by atoms with Gasteiger partial charge in [0.1, 0.15) is 0 Å². The maximum absolute atomic E-state index is 11.9. The minimum Gasteiger partial charge on any atom is -0.288 e. The van der Waals surface area contributed by atoms with Crippen LogP contribution < -0.4 is 0 Å². The standard InChI is InChI=1S/C6H6F3N/c1-4-2-10-3-5(4)6(7,8)9/h2H,3H2,1H3. The largest absolute Gasteiger partial charge is 0.414 e. The molecule has 0 atom stereocenters. The minimum atomic E-state index is -4.19. The fraction of sp³-hybridized carbons (Fsp3) is 0.500. The van der Waals surface area contributed by atoms with Gasteiger partial charge in [-0.25, -0.2) is 0 Å². The Morgan fingerprint density at radius 1 is 1.50 bits per heavy atom. The van der Waals surface area contributed by atoms with Crippen molar-refractivity contribution in [1.29, 1.82) is 0 Å². The van der Waals surface area contributed by atoms with Crippen molar-refractivity contribution in [2.75, 3.05) is 6.54 Å². The molecule has 1 rings (SSSR count). The van der Waals surface area contributed by atoms with E-state index in [4.69, 9.17) is 0 Å². The van der Waals surface area contributed by atoms with Crippen LogP contribution in [-0.2, 0) is 0 Å². The SMILES string of the molecule is CC1=C(C(F)(F)F)CN=C1. The number of allylic oxidation sites excluding steroid dienone is 1. The van der Waals surface area contributed by atoms with Gasteiger partial charge in [-0.15, -0.1) is 0 Å². The van der Waals surface area contributed by atoms with Crippen LogP contribution in [0.3, 0.4) is 0 Å². The van der Waals surface area contributed by atoms with Gasteiger partial charge < -0.3 is 0 Å². The van der Waals surface area contributed by atoms with Crippen LogP contribution in [0.1, 0.15) is 6.92 Å². The molecule has 0 amide bonds. The van der Waals surface area contributed by atoms with Gasteiger partial charge in [-0.1, -0.05) is 0 Å². The number of halogens is 3. The molecule has 1 aliphatic rings. The van der Waals surface area contributed by atoms with Gasteiger partial charge in [-0.2, -0.15) is 13.2 Å². The van der Waals surface area contributed by atoms with E-state index in [0.29, 0.717) is 0 Å². The lowest BCUT2D eigenvalue weighted by atomic mass is 10.2. The molecular weight excluding hydrogens is 143 g/mol. The zero-order valence-corrected chi connectivity index (χ0v) is 5.37. The summed E-state index contributed by atoms with van der Waals surface area (Å²) in [6, 6.07) is 0. The van der Waals surface area contributed by atoms with Crippen molar-refractivity contribution >= 4 is 6.21 Å². The molecule has 0 saturated heterocycles. The highest BCUT2D eigenvalue weighted by Gasteiger charge is 2.35. The van der Waals surface area contributed by atoms with E-state index in [9.17, 15) is 13.2 Å². The first kappa shape index (κ1) is 7.31. The van der Waals surface area contributed by atoms with Gasteiger partial charge in [0.2, 0.25) is 0 Å². The number of rotatable bonds is 0. The quantitative estimate of drug-likeness (QED) is 0.499. The molecule has 0 radical (unpaired) electrons. The minimum absolute atomic E-state index is 0.213. The Hall–Kier alpha value is -0.800. The van der Waals surface area contributed by atoms with Crippen LogP contribution >= 0.6 is 0 Å². The second-order valence-electron chi connectivity index (χ2n) is 2.13.